The number of aryl methyl sites for hydroxylation is 2. The van der Waals surface area contributed by atoms with Crippen LogP contribution in [0.5, 0.6) is 11.6 Å². The molecule has 0 radical (unpaired) electrons. The summed E-state index contributed by atoms with van der Waals surface area (Å²) in [5, 5.41) is 11.1. The smallest absolute Gasteiger partial charge is 0.313 e. The van der Waals surface area contributed by atoms with Gasteiger partial charge in [-0.2, -0.15) is 4.98 Å². The molecule has 7 nitrogen and oxygen atoms in total. The molecule has 1 aromatic heterocycles. The fourth-order valence-electron chi connectivity index (χ4n) is 1.62. The average Bonchev–Trinajstić information content (AvgIpc) is 2.36. The molecule has 0 aliphatic carbocycles. The van der Waals surface area contributed by atoms with Crippen LogP contribution in [0.2, 0.25) is 0 Å². The Morgan fingerprint density at radius 1 is 1.35 bits per heavy atom. The van der Waals surface area contributed by atoms with E-state index in [1.54, 1.807) is 19.9 Å². The van der Waals surface area contributed by atoms with Gasteiger partial charge < -0.3 is 10.5 Å². The van der Waals surface area contributed by atoms with E-state index in [1.807, 2.05) is 0 Å². The highest BCUT2D eigenvalue weighted by atomic mass is 79.9. The van der Waals surface area contributed by atoms with Gasteiger partial charge in [-0.3, -0.25) is 10.1 Å². The van der Waals surface area contributed by atoms with E-state index in [0.29, 0.717) is 15.6 Å². The Morgan fingerprint density at radius 3 is 2.70 bits per heavy atom. The number of benzene rings is 1. The SMILES string of the molecule is Cc1cnc(N)nc1Oc1c(C)cc(Br)cc1[N+](=O)[O-]. The lowest BCUT2D eigenvalue weighted by atomic mass is 10.2. The van der Waals surface area contributed by atoms with Crippen LogP contribution in [-0.2, 0) is 0 Å². The molecule has 104 valence electrons. The molecule has 1 aromatic carbocycles. The molecule has 2 N–H and O–H groups in total. The van der Waals surface area contributed by atoms with Gasteiger partial charge in [0.15, 0.2) is 0 Å². The molecular formula is C12H11BrN4O3. The van der Waals surface area contributed by atoms with Crippen LogP contribution < -0.4 is 10.5 Å². The predicted octanol–water partition coefficient (Wildman–Crippen LogP) is 3.14. The van der Waals surface area contributed by atoms with Crippen molar-refractivity contribution >= 4 is 27.6 Å². The quantitative estimate of drug-likeness (QED) is 0.680. The largest absolute Gasteiger partial charge is 0.431 e. The summed E-state index contributed by atoms with van der Waals surface area (Å²) in [6, 6.07) is 3.10. The molecule has 0 aliphatic heterocycles. The molecule has 20 heavy (non-hydrogen) atoms. The number of hydrogen-bond acceptors (Lipinski definition) is 6. The first-order valence-electron chi connectivity index (χ1n) is 5.60. The maximum absolute atomic E-state index is 11.1. The number of ether oxygens (including phenoxy) is 1. The number of nitrogens with two attached hydrogens (primary N) is 1. The van der Waals surface area contributed by atoms with Crippen molar-refractivity contribution in [3.63, 3.8) is 0 Å². The molecule has 0 amide bonds. The van der Waals surface area contributed by atoms with Gasteiger partial charge >= 0.3 is 5.69 Å². The van der Waals surface area contributed by atoms with E-state index in [0.717, 1.165) is 0 Å². The molecule has 0 unspecified atom stereocenters. The van der Waals surface area contributed by atoms with E-state index in [2.05, 4.69) is 25.9 Å². The molecule has 0 saturated carbocycles. The standard InChI is InChI=1S/C12H11BrN4O3/c1-6-3-8(13)4-9(17(18)19)10(6)20-11-7(2)5-15-12(14)16-11/h3-5H,1-2H3,(H2,14,15,16). The second kappa shape index (κ2) is 5.41. The summed E-state index contributed by atoms with van der Waals surface area (Å²) in [6.07, 6.45) is 1.50. The van der Waals surface area contributed by atoms with Crippen molar-refractivity contribution in [1.82, 2.24) is 9.97 Å². The van der Waals surface area contributed by atoms with Gasteiger partial charge in [-0.25, -0.2) is 4.98 Å². The Labute approximate surface area is 123 Å². The molecule has 0 aliphatic rings. The summed E-state index contributed by atoms with van der Waals surface area (Å²) in [5.41, 5.74) is 6.60. The van der Waals surface area contributed by atoms with Crippen LogP contribution in [0.15, 0.2) is 22.8 Å². The summed E-state index contributed by atoms with van der Waals surface area (Å²) in [7, 11) is 0. The first kappa shape index (κ1) is 14.2. The number of halogens is 1. The first-order chi connectivity index (χ1) is 9.38. The summed E-state index contributed by atoms with van der Waals surface area (Å²) >= 11 is 3.22. The first-order valence-corrected chi connectivity index (χ1v) is 6.39. The fraction of sp³-hybridized carbons (Fsp3) is 0.167. The average molecular weight is 339 g/mol. The van der Waals surface area contributed by atoms with E-state index in [4.69, 9.17) is 10.5 Å². The lowest BCUT2D eigenvalue weighted by molar-refractivity contribution is -0.385. The van der Waals surface area contributed by atoms with Crippen molar-refractivity contribution in [3.05, 3.63) is 44.0 Å². The highest BCUT2D eigenvalue weighted by Crippen LogP contribution is 2.37. The zero-order valence-electron chi connectivity index (χ0n) is 10.8. The molecule has 0 fully saturated rings. The Balaban J connectivity index is 2.53. The van der Waals surface area contributed by atoms with Crippen LogP contribution in [0.4, 0.5) is 11.6 Å². The van der Waals surface area contributed by atoms with E-state index in [1.165, 1.54) is 12.3 Å². The van der Waals surface area contributed by atoms with Crippen molar-refractivity contribution < 1.29 is 9.66 Å². The Hall–Kier alpha value is -2.22. The van der Waals surface area contributed by atoms with Gasteiger partial charge in [0.05, 0.1) is 4.92 Å². The molecule has 0 atom stereocenters. The lowest BCUT2D eigenvalue weighted by Gasteiger charge is -2.10. The van der Waals surface area contributed by atoms with Gasteiger partial charge in [0.1, 0.15) is 0 Å². The Bertz CT molecular complexity index is 691. The number of nitro groups is 1. The maximum Gasteiger partial charge on any atom is 0.313 e. The molecule has 1 heterocycles. The minimum Gasteiger partial charge on any atom is -0.431 e. The van der Waals surface area contributed by atoms with E-state index in [-0.39, 0.29) is 23.3 Å². The van der Waals surface area contributed by atoms with Crippen molar-refractivity contribution in [1.29, 1.82) is 0 Å². The molecule has 2 aromatic rings. The number of nitrogen functional groups attached to an aromatic ring is 1. The van der Waals surface area contributed by atoms with Gasteiger partial charge in [0.2, 0.25) is 17.6 Å². The van der Waals surface area contributed by atoms with Crippen molar-refractivity contribution in [3.8, 4) is 11.6 Å². The topological polar surface area (TPSA) is 104 Å². The van der Waals surface area contributed by atoms with Gasteiger partial charge in [-0.05, 0) is 19.9 Å². The second-order valence-electron chi connectivity index (χ2n) is 4.15. The number of hydrogen-bond donors (Lipinski definition) is 1. The third kappa shape index (κ3) is 2.85. The second-order valence-corrected chi connectivity index (χ2v) is 5.06. The molecule has 0 bridgehead atoms. The predicted molar refractivity (Wildman–Crippen MR) is 76.8 cm³/mol. The number of anilines is 1. The van der Waals surface area contributed by atoms with Crippen molar-refractivity contribution in [2.24, 2.45) is 0 Å². The van der Waals surface area contributed by atoms with Crippen LogP contribution in [0.3, 0.4) is 0 Å². The monoisotopic (exact) mass is 338 g/mol. The highest BCUT2D eigenvalue weighted by molar-refractivity contribution is 9.10. The molecular weight excluding hydrogens is 328 g/mol. The van der Waals surface area contributed by atoms with Crippen molar-refractivity contribution in [2.45, 2.75) is 13.8 Å². The van der Waals surface area contributed by atoms with Crippen molar-refractivity contribution in [2.75, 3.05) is 5.73 Å². The summed E-state index contributed by atoms with van der Waals surface area (Å²) in [5.74, 6) is 0.383. The zero-order valence-corrected chi connectivity index (χ0v) is 12.3. The third-order valence-electron chi connectivity index (χ3n) is 2.56. The number of aromatic nitrogens is 2. The highest BCUT2D eigenvalue weighted by Gasteiger charge is 2.21. The van der Waals surface area contributed by atoms with Gasteiger partial charge in [-0.1, -0.05) is 15.9 Å². The van der Waals surface area contributed by atoms with E-state index >= 15 is 0 Å². The molecule has 0 spiro atoms. The zero-order chi connectivity index (χ0) is 14.9. The summed E-state index contributed by atoms with van der Waals surface area (Å²) < 4.78 is 6.18. The summed E-state index contributed by atoms with van der Waals surface area (Å²) in [6.45, 7) is 3.45. The third-order valence-corrected chi connectivity index (χ3v) is 3.02. The van der Waals surface area contributed by atoms with Gasteiger partial charge in [-0.15, -0.1) is 0 Å². The van der Waals surface area contributed by atoms with Gasteiger partial charge in [0, 0.05) is 27.9 Å². The lowest BCUT2D eigenvalue weighted by Crippen LogP contribution is -2.01. The minimum atomic E-state index is -0.507. The van der Waals surface area contributed by atoms with E-state index in [9.17, 15) is 10.1 Å². The normalized spacial score (nSPS) is 10.3. The van der Waals surface area contributed by atoms with E-state index < -0.39 is 4.92 Å². The Kier molecular flexibility index (Phi) is 3.84. The minimum absolute atomic E-state index is 0.0445. The number of nitro benzene ring substituents is 1. The van der Waals surface area contributed by atoms with Crippen LogP contribution in [0, 0.1) is 24.0 Å². The van der Waals surface area contributed by atoms with Gasteiger partial charge in [0.25, 0.3) is 0 Å². The molecule has 2 rings (SSSR count). The van der Waals surface area contributed by atoms with Crippen LogP contribution >= 0.6 is 15.9 Å². The van der Waals surface area contributed by atoms with Crippen LogP contribution in [-0.4, -0.2) is 14.9 Å². The van der Waals surface area contributed by atoms with Crippen LogP contribution in [0.1, 0.15) is 11.1 Å². The number of rotatable bonds is 3. The maximum atomic E-state index is 11.1. The Morgan fingerprint density at radius 2 is 2.05 bits per heavy atom. The molecule has 8 heteroatoms. The molecule has 0 saturated heterocycles. The summed E-state index contributed by atoms with van der Waals surface area (Å²) in [4.78, 5) is 18.4. The van der Waals surface area contributed by atoms with Crippen LogP contribution in [0.25, 0.3) is 0 Å². The fourth-order valence-corrected chi connectivity index (χ4v) is 2.18. The number of nitrogens with zero attached hydrogens (tertiary/aromatic N) is 3.